The van der Waals surface area contributed by atoms with E-state index in [1.54, 1.807) is 6.92 Å². The molecule has 0 fully saturated rings. The normalized spacial score (nSPS) is 10.3. The van der Waals surface area contributed by atoms with Gasteiger partial charge in [-0.1, -0.05) is 11.3 Å². The number of nitrogens with zero attached hydrogens (tertiary/aromatic N) is 5. The molecule has 0 bridgehead atoms. The van der Waals surface area contributed by atoms with Crippen LogP contribution in [0.3, 0.4) is 0 Å². The molecule has 0 amide bonds. The van der Waals surface area contributed by atoms with Crippen LogP contribution < -0.4 is 0 Å². The fourth-order valence-corrected chi connectivity index (χ4v) is 1.78. The Morgan fingerprint density at radius 1 is 1.61 bits per heavy atom. The van der Waals surface area contributed by atoms with Gasteiger partial charge in [-0.05, 0) is 11.8 Å². The lowest BCUT2D eigenvalue weighted by atomic mass is 10.7. The van der Waals surface area contributed by atoms with Crippen molar-refractivity contribution < 1.29 is 14.5 Å². The van der Waals surface area contributed by atoms with Crippen molar-refractivity contribution in [1.29, 1.82) is 0 Å². The molecular weight excluding hydrogens is 262 g/mol. The Morgan fingerprint density at radius 3 is 3.00 bits per heavy atom. The van der Waals surface area contributed by atoms with Crippen molar-refractivity contribution in [1.82, 2.24) is 20.0 Å². The van der Waals surface area contributed by atoms with Gasteiger partial charge in [0.2, 0.25) is 5.01 Å². The molecule has 2 aromatic rings. The summed E-state index contributed by atoms with van der Waals surface area (Å²) in [4.78, 5) is 21.2. The zero-order valence-corrected chi connectivity index (χ0v) is 9.96. The molecule has 0 spiro atoms. The molecule has 94 valence electrons. The SMILES string of the molecule is CCOC(=O)c1nnc(-n2ccc([N+](=O)[O-])n2)s1. The van der Waals surface area contributed by atoms with Crippen LogP contribution in [0.15, 0.2) is 12.3 Å². The third kappa shape index (κ3) is 2.32. The van der Waals surface area contributed by atoms with Crippen LogP contribution in [-0.4, -0.2) is 37.5 Å². The van der Waals surface area contributed by atoms with E-state index in [9.17, 15) is 14.9 Å². The van der Waals surface area contributed by atoms with Crippen molar-refractivity contribution in [2.45, 2.75) is 6.92 Å². The van der Waals surface area contributed by atoms with Crippen molar-refractivity contribution in [3.05, 3.63) is 27.4 Å². The van der Waals surface area contributed by atoms with Gasteiger partial charge >= 0.3 is 11.8 Å². The van der Waals surface area contributed by atoms with Crippen molar-refractivity contribution in [3.8, 4) is 5.13 Å². The van der Waals surface area contributed by atoms with Crippen LogP contribution in [0.4, 0.5) is 5.82 Å². The van der Waals surface area contributed by atoms with Gasteiger partial charge in [0, 0.05) is 0 Å². The highest BCUT2D eigenvalue weighted by Crippen LogP contribution is 2.17. The Balaban J connectivity index is 2.23. The van der Waals surface area contributed by atoms with E-state index in [0.29, 0.717) is 0 Å². The lowest BCUT2D eigenvalue weighted by Gasteiger charge is -1.94. The Hall–Kier alpha value is -2.36. The van der Waals surface area contributed by atoms with Gasteiger partial charge in [-0.2, -0.15) is 0 Å². The van der Waals surface area contributed by atoms with Crippen LogP contribution in [0.5, 0.6) is 0 Å². The van der Waals surface area contributed by atoms with E-state index in [1.807, 2.05) is 0 Å². The van der Waals surface area contributed by atoms with E-state index in [0.717, 1.165) is 11.3 Å². The standard InChI is InChI=1S/C8H7N5O4S/c1-2-17-7(14)6-9-10-8(18-6)12-4-3-5(11-12)13(15)16/h3-4H,2H2,1H3. The molecule has 0 atom stereocenters. The van der Waals surface area contributed by atoms with Crippen molar-refractivity contribution >= 4 is 23.1 Å². The second-order valence-corrected chi connectivity index (χ2v) is 3.94. The molecule has 10 heteroatoms. The van der Waals surface area contributed by atoms with Gasteiger partial charge in [-0.3, -0.25) is 0 Å². The molecule has 0 aromatic carbocycles. The smallest absolute Gasteiger partial charge is 0.390 e. The van der Waals surface area contributed by atoms with Crippen LogP contribution in [0.2, 0.25) is 0 Å². The number of esters is 1. The fraction of sp³-hybridized carbons (Fsp3) is 0.250. The third-order valence-electron chi connectivity index (χ3n) is 1.82. The molecule has 9 nitrogen and oxygen atoms in total. The molecule has 2 rings (SSSR count). The number of carbonyl (C=O) groups excluding carboxylic acids is 1. The summed E-state index contributed by atoms with van der Waals surface area (Å²) in [5.74, 6) is -0.884. The molecule has 18 heavy (non-hydrogen) atoms. The maximum absolute atomic E-state index is 11.4. The van der Waals surface area contributed by atoms with Gasteiger partial charge in [0.25, 0.3) is 5.13 Å². The molecule has 0 aliphatic rings. The van der Waals surface area contributed by atoms with E-state index in [2.05, 4.69) is 15.3 Å². The van der Waals surface area contributed by atoms with E-state index in [4.69, 9.17) is 4.74 Å². The second kappa shape index (κ2) is 4.87. The summed E-state index contributed by atoms with van der Waals surface area (Å²) >= 11 is 0.940. The third-order valence-corrected chi connectivity index (χ3v) is 2.72. The number of hydrogen-bond donors (Lipinski definition) is 0. The van der Waals surface area contributed by atoms with Gasteiger partial charge < -0.3 is 14.9 Å². The van der Waals surface area contributed by atoms with Gasteiger partial charge in [-0.15, -0.1) is 14.9 Å². The van der Waals surface area contributed by atoms with Gasteiger partial charge in [0.15, 0.2) is 0 Å². The van der Waals surface area contributed by atoms with E-state index < -0.39 is 10.9 Å². The summed E-state index contributed by atoms with van der Waals surface area (Å²) in [6.07, 6.45) is 1.37. The molecule has 0 saturated heterocycles. The number of rotatable bonds is 4. The first-order chi connectivity index (χ1) is 8.61. The average molecular weight is 269 g/mol. The first-order valence-corrected chi connectivity index (χ1v) is 5.64. The van der Waals surface area contributed by atoms with Crippen LogP contribution in [0.1, 0.15) is 16.7 Å². The summed E-state index contributed by atoms with van der Waals surface area (Å²) in [5, 5.41) is 21.8. The summed E-state index contributed by atoms with van der Waals surface area (Å²) in [7, 11) is 0. The summed E-state index contributed by atoms with van der Waals surface area (Å²) in [6, 6.07) is 1.23. The lowest BCUT2D eigenvalue weighted by Crippen LogP contribution is -2.03. The molecule has 0 aliphatic heterocycles. The van der Waals surface area contributed by atoms with Crippen LogP contribution >= 0.6 is 11.3 Å². The largest absolute Gasteiger partial charge is 0.461 e. The zero-order chi connectivity index (χ0) is 13.1. The minimum absolute atomic E-state index is 0.0741. The van der Waals surface area contributed by atoms with Crippen molar-refractivity contribution in [2.24, 2.45) is 0 Å². The van der Waals surface area contributed by atoms with Gasteiger partial charge in [-0.25, -0.2) is 4.79 Å². The van der Waals surface area contributed by atoms with E-state index >= 15 is 0 Å². The molecule has 2 aromatic heterocycles. The Bertz CT molecular complexity index is 592. The van der Waals surface area contributed by atoms with Crippen molar-refractivity contribution in [2.75, 3.05) is 6.61 Å². The molecule has 2 heterocycles. The number of nitro groups is 1. The zero-order valence-electron chi connectivity index (χ0n) is 9.14. The predicted octanol–water partition coefficient (Wildman–Crippen LogP) is 0.809. The molecule has 0 radical (unpaired) electrons. The number of aromatic nitrogens is 4. The first-order valence-electron chi connectivity index (χ1n) is 4.83. The minimum Gasteiger partial charge on any atom is -0.461 e. The maximum atomic E-state index is 11.4. The lowest BCUT2D eigenvalue weighted by molar-refractivity contribution is -0.389. The van der Waals surface area contributed by atoms with Gasteiger partial charge in [0.05, 0.1) is 24.0 Å². The highest BCUT2D eigenvalue weighted by atomic mass is 32.1. The summed E-state index contributed by atoms with van der Waals surface area (Å²) < 4.78 is 5.93. The quantitative estimate of drug-likeness (QED) is 0.458. The maximum Gasteiger partial charge on any atom is 0.390 e. The topological polar surface area (TPSA) is 113 Å². The number of carbonyl (C=O) groups is 1. The fourth-order valence-electron chi connectivity index (χ4n) is 1.10. The van der Waals surface area contributed by atoms with E-state index in [1.165, 1.54) is 16.9 Å². The molecule has 0 unspecified atom stereocenters. The molecule has 0 aliphatic carbocycles. The summed E-state index contributed by atoms with van der Waals surface area (Å²) in [6.45, 7) is 1.91. The van der Waals surface area contributed by atoms with Gasteiger partial charge in [0.1, 0.15) is 0 Å². The number of ether oxygens (including phenoxy) is 1. The van der Waals surface area contributed by atoms with Crippen molar-refractivity contribution in [3.63, 3.8) is 0 Å². The van der Waals surface area contributed by atoms with Crippen LogP contribution in [0.25, 0.3) is 5.13 Å². The highest BCUT2D eigenvalue weighted by molar-refractivity contribution is 7.15. The average Bonchev–Trinajstić information content (AvgIpc) is 2.98. The Labute approximate surface area is 104 Å². The monoisotopic (exact) mass is 269 g/mol. The molecule has 0 saturated carbocycles. The highest BCUT2D eigenvalue weighted by Gasteiger charge is 2.18. The molecular formula is C8H7N5O4S. The number of hydrogen-bond acceptors (Lipinski definition) is 8. The minimum atomic E-state index is -0.621. The van der Waals surface area contributed by atoms with Crippen LogP contribution in [0, 0.1) is 10.1 Å². The molecule has 0 N–H and O–H groups in total. The second-order valence-electron chi connectivity index (χ2n) is 2.99. The van der Waals surface area contributed by atoms with Crippen LogP contribution in [-0.2, 0) is 4.74 Å². The summed E-state index contributed by atoms with van der Waals surface area (Å²) in [5.41, 5.74) is 0. The first kappa shape index (κ1) is 12.1. The predicted molar refractivity (Wildman–Crippen MR) is 59.6 cm³/mol. The Kier molecular flexibility index (Phi) is 3.28. The van der Waals surface area contributed by atoms with E-state index in [-0.39, 0.29) is 22.6 Å². The Morgan fingerprint density at radius 2 is 2.39 bits per heavy atom.